The Morgan fingerprint density at radius 3 is 2.42 bits per heavy atom. The van der Waals surface area contributed by atoms with Gasteiger partial charge in [-0.15, -0.1) is 0 Å². The Hall–Kier alpha value is -4.05. The van der Waals surface area contributed by atoms with E-state index in [1.165, 1.54) is 6.92 Å². The van der Waals surface area contributed by atoms with Gasteiger partial charge in [0.15, 0.2) is 6.29 Å². The quantitative estimate of drug-likeness (QED) is 0.185. The molecule has 226 valence electrons. The maximum Gasteiger partial charge on any atom is 0.224 e. The zero-order valence-electron chi connectivity index (χ0n) is 24.7. The summed E-state index contributed by atoms with van der Waals surface area (Å²) in [6, 6.07) is 23.5. The molecule has 1 fully saturated rings. The molecule has 3 N–H and O–H groups in total. The molecule has 9 heteroatoms. The van der Waals surface area contributed by atoms with Gasteiger partial charge in [0, 0.05) is 37.1 Å². The van der Waals surface area contributed by atoms with Crippen LogP contribution in [0.4, 0.5) is 5.69 Å². The fourth-order valence-electron chi connectivity index (χ4n) is 5.48. The molecular weight excluding hydrogens is 544 g/mol. The average molecular weight is 585 g/mol. The number of hydrogen-bond donors (Lipinski definition) is 3. The molecule has 0 saturated carbocycles. The standard InChI is InChI=1S/C34H40N4O5/c1-23-31(20-38-22-36-29-8-5-6-9-30(29)38)42-34(43-33(23)26-13-11-25(21-39)12-14-26)27-15-17-28(18-16-27)37-32(41)10-4-3-7-19-35-24(2)40/h5-6,8-9,11-18,22-23,31,33-34,39H,3-4,7,10,19-21H2,1-2H3,(H,35,40)(H,37,41)/t23-,31+,33+,34+/m0/s1. The van der Waals surface area contributed by atoms with Crippen LogP contribution in [0.5, 0.6) is 0 Å². The van der Waals surface area contributed by atoms with Crippen LogP contribution in [-0.2, 0) is 32.2 Å². The number of nitrogens with zero attached hydrogens (tertiary/aromatic N) is 2. The number of benzene rings is 3. The van der Waals surface area contributed by atoms with Crippen molar-refractivity contribution in [3.8, 4) is 0 Å². The molecule has 0 spiro atoms. The Labute approximate surface area is 252 Å². The SMILES string of the molecule is CC(=O)NCCCCCC(=O)Nc1ccc([C@@H]2O[C@H](Cn3cnc4ccccc43)[C@H](C)[C@H](c3ccc(CO)cc3)O2)cc1. The van der Waals surface area contributed by atoms with Crippen molar-refractivity contribution in [2.75, 3.05) is 11.9 Å². The number of imidazole rings is 1. The summed E-state index contributed by atoms with van der Waals surface area (Å²) in [5, 5.41) is 15.3. The molecule has 0 aliphatic carbocycles. The van der Waals surface area contributed by atoms with Crippen molar-refractivity contribution in [2.45, 2.75) is 71.2 Å². The van der Waals surface area contributed by atoms with E-state index in [0.29, 0.717) is 25.2 Å². The number of fused-ring (bicyclic) bond motifs is 1. The van der Waals surface area contributed by atoms with Gasteiger partial charge in [0.05, 0.1) is 42.7 Å². The Kier molecular flexibility index (Phi) is 10.2. The second-order valence-corrected chi connectivity index (χ2v) is 11.2. The van der Waals surface area contributed by atoms with Gasteiger partial charge in [-0.1, -0.05) is 61.9 Å². The average Bonchev–Trinajstić information content (AvgIpc) is 3.43. The van der Waals surface area contributed by atoms with Crippen molar-refractivity contribution in [2.24, 2.45) is 5.92 Å². The van der Waals surface area contributed by atoms with Gasteiger partial charge in [0.1, 0.15) is 0 Å². The molecule has 3 aromatic carbocycles. The molecule has 1 saturated heterocycles. The molecule has 1 aliphatic heterocycles. The molecule has 2 heterocycles. The van der Waals surface area contributed by atoms with Crippen LogP contribution in [0.15, 0.2) is 79.1 Å². The van der Waals surface area contributed by atoms with Gasteiger partial charge in [0.25, 0.3) is 0 Å². The molecule has 1 aliphatic rings. The van der Waals surface area contributed by atoms with Crippen molar-refractivity contribution < 1.29 is 24.2 Å². The van der Waals surface area contributed by atoms with E-state index in [-0.39, 0.29) is 36.5 Å². The van der Waals surface area contributed by atoms with Crippen LogP contribution in [0.2, 0.25) is 0 Å². The molecular formula is C34H40N4O5. The highest BCUT2D eigenvalue weighted by Gasteiger charge is 2.38. The number of aliphatic hydroxyl groups is 1. The Morgan fingerprint density at radius 2 is 1.67 bits per heavy atom. The first-order chi connectivity index (χ1) is 20.9. The number of carbonyl (C=O) groups is 2. The van der Waals surface area contributed by atoms with Crippen molar-refractivity contribution >= 4 is 28.5 Å². The van der Waals surface area contributed by atoms with E-state index in [1.807, 2.05) is 73.1 Å². The van der Waals surface area contributed by atoms with Gasteiger partial charge in [-0.05, 0) is 48.2 Å². The summed E-state index contributed by atoms with van der Waals surface area (Å²) < 4.78 is 15.3. The number of unbranched alkanes of at least 4 members (excludes halogenated alkanes) is 2. The highest BCUT2D eigenvalue weighted by Crippen LogP contribution is 2.42. The van der Waals surface area contributed by atoms with Crippen LogP contribution in [-0.4, -0.2) is 39.1 Å². The molecule has 5 rings (SSSR count). The first-order valence-corrected chi connectivity index (χ1v) is 15.0. The fourth-order valence-corrected chi connectivity index (χ4v) is 5.48. The minimum Gasteiger partial charge on any atom is -0.392 e. The van der Waals surface area contributed by atoms with Crippen LogP contribution >= 0.6 is 0 Å². The lowest BCUT2D eigenvalue weighted by molar-refractivity contribution is -0.276. The molecule has 4 aromatic rings. The minimum atomic E-state index is -0.605. The summed E-state index contributed by atoms with van der Waals surface area (Å²) in [4.78, 5) is 28.0. The summed E-state index contributed by atoms with van der Waals surface area (Å²) >= 11 is 0. The number of ether oxygens (including phenoxy) is 2. The van der Waals surface area contributed by atoms with Gasteiger partial charge >= 0.3 is 0 Å². The highest BCUT2D eigenvalue weighted by atomic mass is 16.7. The summed E-state index contributed by atoms with van der Waals surface area (Å²) in [5.41, 5.74) is 5.45. The first kappa shape index (κ1) is 30.4. The second kappa shape index (κ2) is 14.4. The monoisotopic (exact) mass is 584 g/mol. The lowest BCUT2D eigenvalue weighted by Gasteiger charge is -2.41. The van der Waals surface area contributed by atoms with E-state index in [0.717, 1.165) is 47.0 Å². The summed E-state index contributed by atoms with van der Waals surface area (Å²) in [5.74, 6) is -0.0335. The number of amides is 2. The molecule has 2 amide bonds. The molecule has 0 unspecified atom stereocenters. The van der Waals surface area contributed by atoms with Gasteiger partial charge in [0.2, 0.25) is 11.8 Å². The number of aromatic nitrogens is 2. The smallest absolute Gasteiger partial charge is 0.224 e. The van der Waals surface area contributed by atoms with E-state index in [1.54, 1.807) is 0 Å². The molecule has 1 aromatic heterocycles. The number of carbonyl (C=O) groups excluding carboxylic acids is 2. The number of anilines is 1. The Balaban J connectivity index is 1.27. The van der Waals surface area contributed by atoms with Crippen molar-refractivity contribution in [3.05, 3.63) is 95.8 Å². The van der Waals surface area contributed by atoms with Gasteiger partial charge < -0.3 is 29.8 Å². The number of hydrogen-bond acceptors (Lipinski definition) is 6. The van der Waals surface area contributed by atoms with E-state index in [9.17, 15) is 14.7 Å². The van der Waals surface area contributed by atoms with Crippen molar-refractivity contribution in [3.63, 3.8) is 0 Å². The summed E-state index contributed by atoms with van der Waals surface area (Å²) in [6.07, 6.45) is 3.78. The maximum absolute atomic E-state index is 12.5. The Bertz CT molecular complexity index is 1500. The number of rotatable bonds is 12. The zero-order chi connectivity index (χ0) is 30.2. The molecule has 4 atom stereocenters. The third kappa shape index (κ3) is 7.87. The predicted octanol–water partition coefficient (Wildman–Crippen LogP) is 5.66. The lowest BCUT2D eigenvalue weighted by Crippen LogP contribution is -2.39. The van der Waals surface area contributed by atoms with E-state index in [2.05, 4.69) is 33.2 Å². The number of aliphatic hydroxyl groups excluding tert-OH is 1. The van der Waals surface area contributed by atoms with Crippen LogP contribution < -0.4 is 10.6 Å². The van der Waals surface area contributed by atoms with Crippen LogP contribution in [0, 0.1) is 5.92 Å². The molecule has 0 bridgehead atoms. The number of para-hydroxylation sites is 2. The number of nitrogens with one attached hydrogen (secondary N) is 2. The lowest BCUT2D eigenvalue weighted by atomic mass is 9.90. The minimum absolute atomic E-state index is 0.00902. The Morgan fingerprint density at radius 1 is 0.930 bits per heavy atom. The van der Waals surface area contributed by atoms with Crippen LogP contribution in [0.3, 0.4) is 0 Å². The third-order valence-electron chi connectivity index (χ3n) is 7.95. The first-order valence-electron chi connectivity index (χ1n) is 15.0. The van der Waals surface area contributed by atoms with E-state index < -0.39 is 6.29 Å². The maximum atomic E-state index is 12.5. The van der Waals surface area contributed by atoms with Crippen molar-refractivity contribution in [1.82, 2.24) is 14.9 Å². The van der Waals surface area contributed by atoms with E-state index in [4.69, 9.17) is 9.47 Å². The van der Waals surface area contributed by atoms with Crippen molar-refractivity contribution in [1.29, 1.82) is 0 Å². The molecule has 0 radical (unpaired) electrons. The van der Waals surface area contributed by atoms with Gasteiger partial charge in [-0.2, -0.15) is 0 Å². The van der Waals surface area contributed by atoms with Gasteiger partial charge in [-0.3, -0.25) is 9.59 Å². The predicted molar refractivity (Wildman–Crippen MR) is 165 cm³/mol. The summed E-state index contributed by atoms with van der Waals surface area (Å²) in [7, 11) is 0. The highest BCUT2D eigenvalue weighted by molar-refractivity contribution is 5.90. The third-order valence-corrected chi connectivity index (χ3v) is 7.95. The molecule has 43 heavy (non-hydrogen) atoms. The van der Waals surface area contributed by atoms with E-state index >= 15 is 0 Å². The molecule has 9 nitrogen and oxygen atoms in total. The van der Waals surface area contributed by atoms with Crippen LogP contribution in [0.1, 0.15) is 68.6 Å². The fraction of sp³-hybridized carbons (Fsp3) is 0.382. The second-order valence-electron chi connectivity index (χ2n) is 11.2. The topological polar surface area (TPSA) is 115 Å². The van der Waals surface area contributed by atoms with Gasteiger partial charge in [-0.25, -0.2) is 4.98 Å². The summed E-state index contributed by atoms with van der Waals surface area (Å²) in [6.45, 7) is 4.89. The van der Waals surface area contributed by atoms with Crippen LogP contribution in [0.25, 0.3) is 11.0 Å². The largest absolute Gasteiger partial charge is 0.392 e. The zero-order valence-corrected chi connectivity index (χ0v) is 24.7. The normalized spacial score (nSPS) is 20.2.